The Morgan fingerprint density at radius 2 is 2.17 bits per heavy atom. The largest absolute Gasteiger partial charge is 0.354 e. The maximum Gasteiger partial charge on any atom is 0.239 e. The van der Waals surface area contributed by atoms with Gasteiger partial charge in [0.05, 0.1) is 12.5 Å². The van der Waals surface area contributed by atoms with Gasteiger partial charge in [-0.25, -0.2) is 0 Å². The zero-order valence-electron chi connectivity index (χ0n) is 11.7. The quantitative estimate of drug-likeness (QED) is 0.738. The average molecular weight is 255 g/mol. The second-order valence-corrected chi connectivity index (χ2v) is 5.44. The number of rotatable bonds is 5. The maximum atomic E-state index is 12.1. The highest BCUT2D eigenvalue weighted by molar-refractivity contribution is 5.85. The van der Waals surface area contributed by atoms with Crippen LogP contribution in [0.15, 0.2) is 0 Å². The Morgan fingerprint density at radius 3 is 2.72 bits per heavy atom. The van der Waals surface area contributed by atoms with Gasteiger partial charge in [-0.2, -0.15) is 0 Å². The summed E-state index contributed by atoms with van der Waals surface area (Å²) < 4.78 is 0. The van der Waals surface area contributed by atoms with Gasteiger partial charge in [0, 0.05) is 20.1 Å². The van der Waals surface area contributed by atoms with Crippen LogP contribution >= 0.6 is 0 Å². The van der Waals surface area contributed by atoms with E-state index in [4.69, 9.17) is 0 Å². The van der Waals surface area contributed by atoms with Crippen molar-refractivity contribution in [3.8, 4) is 0 Å². The van der Waals surface area contributed by atoms with Crippen molar-refractivity contribution in [3.05, 3.63) is 0 Å². The second kappa shape index (κ2) is 7.36. The molecule has 5 heteroatoms. The molecular formula is C13H25N3O2. The number of nitrogens with zero attached hydrogens (tertiary/aromatic N) is 1. The standard InChI is InChI=1S/C13H25N3O2/c1-10(2)7-15-12(17)9-16(3)13(18)11-5-4-6-14-8-11/h10-11,14H,4-9H2,1-3H3,(H,15,17)/t11-/m0/s1. The minimum absolute atomic E-state index is 0.0293. The lowest BCUT2D eigenvalue weighted by atomic mass is 9.98. The lowest BCUT2D eigenvalue weighted by Gasteiger charge is -2.26. The number of nitrogens with one attached hydrogen (secondary N) is 2. The summed E-state index contributed by atoms with van der Waals surface area (Å²) in [6.07, 6.45) is 1.95. The van der Waals surface area contributed by atoms with Crippen molar-refractivity contribution in [1.29, 1.82) is 0 Å². The van der Waals surface area contributed by atoms with Crippen molar-refractivity contribution < 1.29 is 9.59 Å². The van der Waals surface area contributed by atoms with Crippen molar-refractivity contribution in [2.24, 2.45) is 11.8 Å². The molecule has 2 amide bonds. The van der Waals surface area contributed by atoms with E-state index >= 15 is 0 Å². The molecule has 0 unspecified atom stereocenters. The molecule has 0 spiro atoms. The number of likely N-dealkylation sites (N-methyl/N-ethyl adjacent to an activating group) is 1. The van der Waals surface area contributed by atoms with Gasteiger partial charge in [0.1, 0.15) is 0 Å². The molecule has 0 saturated carbocycles. The molecule has 1 fully saturated rings. The summed E-state index contributed by atoms with van der Waals surface area (Å²) in [5, 5.41) is 6.04. The van der Waals surface area contributed by atoms with E-state index < -0.39 is 0 Å². The molecule has 1 atom stereocenters. The van der Waals surface area contributed by atoms with Crippen LogP contribution in [-0.2, 0) is 9.59 Å². The third kappa shape index (κ3) is 5.04. The van der Waals surface area contributed by atoms with Gasteiger partial charge in [0.25, 0.3) is 0 Å². The van der Waals surface area contributed by atoms with Gasteiger partial charge in [-0.1, -0.05) is 13.8 Å². The number of amides is 2. The second-order valence-electron chi connectivity index (χ2n) is 5.44. The van der Waals surface area contributed by atoms with Gasteiger partial charge in [-0.15, -0.1) is 0 Å². The molecule has 0 radical (unpaired) electrons. The summed E-state index contributed by atoms with van der Waals surface area (Å²) in [6, 6.07) is 0. The topological polar surface area (TPSA) is 61.4 Å². The highest BCUT2D eigenvalue weighted by atomic mass is 16.2. The summed E-state index contributed by atoms with van der Waals surface area (Å²) in [4.78, 5) is 25.2. The van der Waals surface area contributed by atoms with Gasteiger partial charge in [0.2, 0.25) is 11.8 Å². The molecule has 1 aliphatic rings. The van der Waals surface area contributed by atoms with E-state index in [0.717, 1.165) is 25.9 Å². The van der Waals surface area contributed by atoms with E-state index in [9.17, 15) is 9.59 Å². The monoisotopic (exact) mass is 255 g/mol. The summed E-state index contributed by atoms with van der Waals surface area (Å²) in [6.45, 7) is 6.62. The molecule has 1 saturated heterocycles. The zero-order valence-corrected chi connectivity index (χ0v) is 11.7. The first-order valence-corrected chi connectivity index (χ1v) is 6.73. The number of carbonyl (C=O) groups is 2. The van der Waals surface area contributed by atoms with Crippen LogP contribution in [0.4, 0.5) is 0 Å². The summed E-state index contributed by atoms with van der Waals surface area (Å²) in [7, 11) is 1.70. The summed E-state index contributed by atoms with van der Waals surface area (Å²) in [5.41, 5.74) is 0. The van der Waals surface area contributed by atoms with E-state index in [-0.39, 0.29) is 24.3 Å². The summed E-state index contributed by atoms with van der Waals surface area (Å²) in [5.74, 6) is 0.448. The molecule has 0 aliphatic carbocycles. The zero-order chi connectivity index (χ0) is 13.5. The third-order valence-electron chi connectivity index (χ3n) is 3.11. The van der Waals surface area contributed by atoms with Crippen LogP contribution in [0, 0.1) is 11.8 Å². The molecule has 18 heavy (non-hydrogen) atoms. The van der Waals surface area contributed by atoms with Crippen LogP contribution in [0.2, 0.25) is 0 Å². The first-order valence-electron chi connectivity index (χ1n) is 6.73. The fraction of sp³-hybridized carbons (Fsp3) is 0.846. The van der Waals surface area contributed by atoms with Gasteiger partial charge >= 0.3 is 0 Å². The Balaban J connectivity index is 2.32. The minimum Gasteiger partial charge on any atom is -0.354 e. The molecule has 1 rings (SSSR count). The van der Waals surface area contributed by atoms with Gasteiger partial charge < -0.3 is 15.5 Å². The molecule has 104 valence electrons. The molecule has 0 aromatic carbocycles. The fourth-order valence-corrected chi connectivity index (χ4v) is 2.04. The average Bonchev–Trinajstić information content (AvgIpc) is 2.36. The first kappa shape index (κ1) is 15.0. The Bertz CT molecular complexity index is 286. The molecule has 0 bridgehead atoms. The van der Waals surface area contributed by atoms with Crippen molar-refractivity contribution in [2.45, 2.75) is 26.7 Å². The lowest BCUT2D eigenvalue weighted by molar-refractivity contribution is -0.138. The molecular weight excluding hydrogens is 230 g/mol. The molecule has 5 nitrogen and oxygen atoms in total. The molecule has 0 aromatic rings. The number of hydrogen-bond donors (Lipinski definition) is 2. The van der Waals surface area contributed by atoms with E-state index in [0.29, 0.717) is 12.5 Å². The Morgan fingerprint density at radius 1 is 1.44 bits per heavy atom. The smallest absolute Gasteiger partial charge is 0.239 e. The van der Waals surface area contributed by atoms with Crippen molar-refractivity contribution in [2.75, 3.05) is 33.2 Å². The van der Waals surface area contributed by atoms with Crippen LogP contribution in [0.3, 0.4) is 0 Å². The van der Waals surface area contributed by atoms with Gasteiger partial charge in [-0.05, 0) is 25.3 Å². The van der Waals surface area contributed by atoms with Crippen LogP contribution in [0.5, 0.6) is 0 Å². The lowest BCUT2D eigenvalue weighted by Crippen LogP contribution is -2.45. The highest BCUT2D eigenvalue weighted by Crippen LogP contribution is 2.12. The Hall–Kier alpha value is -1.10. The SMILES string of the molecule is CC(C)CNC(=O)CN(C)C(=O)[C@H]1CCCNC1. The number of piperidine rings is 1. The minimum atomic E-state index is -0.0803. The third-order valence-corrected chi connectivity index (χ3v) is 3.11. The predicted molar refractivity (Wildman–Crippen MR) is 71.1 cm³/mol. The predicted octanol–water partition coefficient (Wildman–Crippen LogP) is 0.217. The fourth-order valence-electron chi connectivity index (χ4n) is 2.04. The van der Waals surface area contributed by atoms with Gasteiger partial charge in [0.15, 0.2) is 0 Å². The highest BCUT2D eigenvalue weighted by Gasteiger charge is 2.24. The first-order chi connectivity index (χ1) is 8.50. The number of hydrogen-bond acceptors (Lipinski definition) is 3. The molecule has 0 aromatic heterocycles. The van der Waals surface area contributed by atoms with E-state index in [1.807, 2.05) is 13.8 Å². The van der Waals surface area contributed by atoms with Crippen molar-refractivity contribution in [1.82, 2.24) is 15.5 Å². The van der Waals surface area contributed by atoms with Crippen LogP contribution < -0.4 is 10.6 Å². The Kier molecular flexibility index (Phi) is 6.12. The van der Waals surface area contributed by atoms with Gasteiger partial charge in [-0.3, -0.25) is 9.59 Å². The molecule has 2 N–H and O–H groups in total. The molecule has 1 aliphatic heterocycles. The van der Waals surface area contributed by atoms with Crippen molar-refractivity contribution in [3.63, 3.8) is 0 Å². The molecule has 1 heterocycles. The van der Waals surface area contributed by atoms with Crippen LogP contribution in [0.1, 0.15) is 26.7 Å². The van der Waals surface area contributed by atoms with E-state index in [1.165, 1.54) is 4.90 Å². The normalized spacial score (nSPS) is 19.7. The summed E-state index contributed by atoms with van der Waals surface area (Å²) >= 11 is 0. The van der Waals surface area contributed by atoms with E-state index in [1.54, 1.807) is 7.05 Å². The van der Waals surface area contributed by atoms with E-state index in [2.05, 4.69) is 10.6 Å². The number of carbonyl (C=O) groups excluding carboxylic acids is 2. The Labute approximate surface area is 109 Å². The van der Waals surface area contributed by atoms with Crippen molar-refractivity contribution >= 4 is 11.8 Å². The van der Waals surface area contributed by atoms with Crippen LogP contribution in [0.25, 0.3) is 0 Å². The van der Waals surface area contributed by atoms with Crippen LogP contribution in [-0.4, -0.2) is 49.9 Å². The maximum absolute atomic E-state index is 12.1.